The summed E-state index contributed by atoms with van der Waals surface area (Å²) in [6, 6.07) is 0. The van der Waals surface area contributed by atoms with Crippen molar-refractivity contribution in [2.45, 2.75) is 31.6 Å². The van der Waals surface area contributed by atoms with E-state index in [0.717, 1.165) is 30.5 Å². The van der Waals surface area contributed by atoms with Crippen molar-refractivity contribution in [1.29, 1.82) is 0 Å². The quantitative estimate of drug-likeness (QED) is 0.697. The van der Waals surface area contributed by atoms with Crippen LogP contribution in [0.2, 0.25) is 0 Å². The number of halogens is 1. The lowest BCUT2D eigenvalue weighted by atomic mass is 10.2. The van der Waals surface area contributed by atoms with E-state index in [9.17, 15) is 4.79 Å². The van der Waals surface area contributed by atoms with Crippen molar-refractivity contribution < 1.29 is 0 Å². The first-order valence-corrected chi connectivity index (χ1v) is 4.88. The fourth-order valence-electron chi connectivity index (χ4n) is 1.65. The Labute approximate surface area is 81.2 Å². The Kier molecular flexibility index (Phi) is 2.12. The van der Waals surface area contributed by atoms with E-state index in [2.05, 4.69) is 9.97 Å². The number of nitrogens with zero attached hydrogens (tertiary/aromatic N) is 1. The summed E-state index contributed by atoms with van der Waals surface area (Å²) in [7, 11) is 0. The highest BCUT2D eigenvalue weighted by atomic mass is 35.5. The van der Waals surface area contributed by atoms with Crippen molar-refractivity contribution in [3.8, 4) is 0 Å². The molecule has 0 fully saturated rings. The second-order valence-corrected chi connectivity index (χ2v) is 4.00. The number of hydrogen-bond acceptors (Lipinski definition) is 2. The number of aromatic nitrogens is 2. The van der Waals surface area contributed by atoms with Gasteiger partial charge in [-0.1, -0.05) is 0 Å². The molecule has 1 unspecified atom stereocenters. The molecule has 1 N–H and O–H groups in total. The summed E-state index contributed by atoms with van der Waals surface area (Å²) < 4.78 is 0. The van der Waals surface area contributed by atoms with Crippen LogP contribution in [0.1, 0.15) is 35.8 Å². The molecule has 0 saturated carbocycles. The van der Waals surface area contributed by atoms with Gasteiger partial charge < -0.3 is 4.98 Å². The van der Waals surface area contributed by atoms with Gasteiger partial charge in [-0.25, -0.2) is 4.98 Å². The topological polar surface area (TPSA) is 45.8 Å². The molecule has 1 atom stereocenters. The van der Waals surface area contributed by atoms with Gasteiger partial charge in [0.05, 0.1) is 11.1 Å². The smallest absolute Gasteiger partial charge is 0.254 e. The van der Waals surface area contributed by atoms with E-state index >= 15 is 0 Å². The van der Waals surface area contributed by atoms with E-state index in [0.29, 0.717) is 5.82 Å². The van der Waals surface area contributed by atoms with Crippen LogP contribution < -0.4 is 5.56 Å². The molecule has 1 heterocycles. The van der Waals surface area contributed by atoms with Gasteiger partial charge in [-0.05, 0) is 26.2 Å². The van der Waals surface area contributed by atoms with Crippen LogP contribution in [0.25, 0.3) is 0 Å². The van der Waals surface area contributed by atoms with Gasteiger partial charge >= 0.3 is 0 Å². The largest absolute Gasteiger partial charge is 0.309 e. The molecule has 0 amide bonds. The van der Waals surface area contributed by atoms with Crippen LogP contribution in [0.3, 0.4) is 0 Å². The predicted molar refractivity (Wildman–Crippen MR) is 51.2 cm³/mol. The summed E-state index contributed by atoms with van der Waals surface area (Å²) in [4.78, 5) is 18.5. The molecular weight excluding hydrogens is 188 g/mol. The molecule has 0 radical (unpaired) electrons. The minimum Gasteiger partial charge on any atom is -0.309 e. The van der Waals surface area contributed by atoms with Gasteiger partial charge in [0.15, 0.2) is 0 Å². The van der Waals surface area contributed by atoms with Gasteiger partial charge in [0, 0.05) is 5.56 Å². The normalized spacial score (nSPS) is 17.1. The molecule has 4 heteroatoms. The Morgan fingerprint density at radius 2 is 2.31 bits per heavy atom. The lowest BCUT2D eigenvalue weighted by Crippen LogP contribution is -2.17. The molecule has 13 heavy (non-hydrogen) atoms. The van der Waals surface area contributed by atoms with Gasteiger partial charge in [0.1, 0.15) is 5.82 Å². The van der Waals surface area contributed by atoms with E-state index in [4.69, 9.17) is 11.6 Å². The minimum atomic E-state index is -0.224. The summed E-state index contributed by atoms with van der Waals surface area (Å²) in [5, 5.41) is -0.224. The maximum absolute atomic E-state index is 11.5. The average molecular weight is 199 g/mol. The molecule has 1 aliphatic carbocycles. The summed E-state index contributed by atoms with van der Waals surface area (Å²) in [5.74, 6) is 0.590. The van der Waals surface area contributed by atoms with E-state index in [1.165, 1.54) is 0 Å². The maximum atomic E-state index is 11.5. The number of aryl methyl sites for hydroxylation is 1. The first-order valence-electron chi connectivity index (χ1n) is 4.44. The summed E-state index contributed by atoms with van der Waals surface area (Å²) in [6.45, 7) is 1.81. The standard InChI is InChI=1S/C9H11ClN2O/c1-5(10)8-11-7-4-2-3-6(7)9(13)12-8/h5H,2-4H2,1H3,(H,11,12,13). The summed E-state index contributed by atoms with van der Waals surface area (Å²) in [6.07, 6.45) is 2.80. The number of H-pyrrole nitrogens is 1. The molecule has 0 aliphatic heterocycles. The van der Waals surface area contributed by atoms with Crippen molar-refractivity contribution in [2.75, 3.05) is 0 Å². The molecule has 0 saturated heterocycles. The van der Waals surface area contributed by atoms with Crippen molar-refractivity contribution in [2.24, 2.45) is 0 Å². The first kappa shape index (κ1) is 8.75. The second kappa shape index (κ2) is 3.14. The lowest BCUT2D eigenvalue weighted by Gasteiger charge is -2.04. The third kappa shape index (κ3) is 1.48. The van der Waals surface area contributed by atoms with Gasteiger partial charge in [-0.3, -0.25) is 4.79 Å². The molecule has 3 nitrogen and oxygen atoms in total. The van der Waals surface area contributed by atoms with Crippen molar-refractivity contribution >= 4 is 11.6 Å². The Morgan fingerprint density at radius 3 is 3.00 bits per heavy atom. The predicted octanol–water partition coefficient (Wildman–Crippen LogP) is 1.56. The third-order valence-electron chi connectivity index (χ3n) is 2.34. The summed E-state index contributed by atoms with van der Waals surface area (Å²) in [5.41, 5.74) is 1.78. The van der Waals surface area contributed by atoms with Crippen molar-refractivity contribution in [3.63, 3.8) is 0 Å². The summed E-state index contributed by atoms with van der Waals surface area (Å²) >= 11 is 5.84. The number of rotatable bonds is 1. The Balaban J connectivity index is 2.56. The second-order valence-electron chi connectivity index (χ2n) is 3.35. The molecule has 1 aliphatic rings. The first-order chi connectivity index (χ1) is 6.18. The average Bonchev–Trinajstić information content (AvgIpc) is 2.51. The fourth-order valence-corrected chi connectivity index (χ4v) is 1.75. The highest BCUT2D eigenvalue weighted by molar-refractivity contribution is 6.20. The Hall–Kier alpha value is -0.830. The Morgan fingerprint density at radius 1 is 1.54 bits per heavy atom. The highest BCUT2D eigenvalue weighted by Gasteiger charge is 2.18. The third-order valence-corrected chi connectivity index (χ3v) is 2.54. The molecule has 1 aromatic heterocycles. The van der Waals surface area contributed by atoms with Gasteiger partial charge in [-0.2, -0.15) is 0 Å². The van der Waals surface area contributed by atoms with Gasteiger partial charge in [0.2, 0.25) is 0 Å². The van der Waals surface area contributed by atoms with E-state index in [1.807, 2.05) is 0 Å². The molecule has 1 aromatic rings. The van der Waals surface area contributed by atoms with E-state index in [-0.39, 0.29) is 10.9 Å². The van der Waals surface area contributed by atoms with E-state index < -0.39 is 0 Å². The maximum Gasteiger partial charge on any atom is 0.254 e. The number of aromatic amines is 1. The lowest BCUT2D eigenvalue weighted by molar-refractivity contribution is 0.855. The monoisotopic (exact) mass is 198 g/mol. The number of nitrogens with one attached hydrogen (secondary N) is 1. The zero-order valence-corrected chi connectivity index (χ0v) is 8.19. The number of hydrogen-bond donors (Lipinski definition) is 1. The minimum absolute atomic E-state index is 0.00926. The zero-order valence-electron chi connectivity index (χ0n) is 7.43. The van der Waals surface area contributed by atoms with Crippen molar-refractivity contribution in [1.82, 2.24) is 9.97 Å². The van der Waals surface area contributed by atoms with Crippen LogP contribution in [0.15, 0.2) is 4.79 Å². The molecule has 0 spiro atoms. The highest BCUT2D eigenvalue weighted by Crippen LogP contribution is 2.19. The van der Waals surface area contributed by atoms with Crippen LogP contribution in [0, 0.1) is 0 Å². The van der Waals surface area contributed by atoms with Crippen molar-refractivity contribution in [3.05, 3.63) is 27.4 Å². The molecular formula is C9H11ClN2O. The molecule has 0 bridgehead atoms. The molecule has 70 valence electrons. The Bertz CT molecular complexity index is 384. The zero-order chi connectivity index (χ0) is 9.42. The van der Waals surface area contributed by atoms with E-state index in [1.54, 1.807) is 6.92 Å². The van der Waals surface area contributed by atoms with Crippen LogP contribution in [0.5, 0.6) is 0 Å². The fraction of sp³-hybridized carbons (Fsp3) is 0.556. The van der Waals surface area contributed by atoms with Crippen LogP contribution >= 0.6 is 11.6 Å². The molecule has 2 rings (SSSR count). The van der Waals surface area contributed by atoms with Gasteiger partial charge in [-0.15, -0.1) is 11.6 Å². The SMILES string of the molecule is CC(Cl)c1nc2c(c(=O)[nH]1)CCC2. The van der Waals surface area contributed by atoms with Crippen LogP contribution in [-0.2, 0) is 12.8 Å². The molecule has 0 aromatic carbocycles. The van der Waals surface area contributed by atoms with Crippen LogP contribution in [-0.4, -0.2) is 9.97 Å². The van der Waals surface area contributed by atoms with Gasteiger partial charge in [0.25, 0.3) is 5.56 Å². The number of fused-ring (bicyclic) bond motifs is 1. The van der Waals surface area contributed by atoms with Crippen LogP contribution in [0.4, 0.5) is 0 Å². The number of alkyl halides is 1.